The van der Waals surface area contributed by atoms with E-state index in [1.807, 2.05) is 0 Å². The van der Waals surface area contributed by atoms with Crippen LogP contribution in [-0.4, -0.2) is 23.9 Å². The summed E-state index contributed by atoms with van der Waals surface area (Å²) in [6.07, 6.45) is 0. The summed E-state index contributed by atoms with van der Waals surface area (Å²) in [7, 11) is 0. The molecule has 7 nitrogen and oxygen atoms in total. The fourth-order valence-corrected chi connectivity index (χ4v) is 1.91. The highest BCUT2D eigenvalue weighted by Gasteiger charge is 2.43. The van der Waals surface area contributed by atoms with Crippen molar-refractivity contribution >= 4 is 23.5 Å². The molecule has 0 saturated carbocycles. The molecule has 2 rings (SSSR count). The maximum Gasteiger partial charge on any atom is 0.322 e. The molecule has 5 N–H and O–H groups in total. The zero-order chi connectivity index (χ0) is 14.9. The number of carbonyl (C=O) groups is 3. The van der Waals surface area contributed by atoms with E-state index in [-0.39, 0.29) is 5.91 Å². The van der Waals surface area contributed by atoms with Gasteiger partial charge in [0.2, 0.25) is 5.91 Å². The number of benzene rings is 1. The van der Waals surface area contributed by atoms with Gasteiger partial charge in [0.25, 0.3) is 5.91 Å². The second-order valence-corrected chi connectivity index (χ2v) is 4.89. The molecule has 1 aromatic carbocycles. The van der Waals surface area contributed by atoms with Crippen molar-refractivity contribution in [3.63, 3.8) is 0 Å². The summed E-state index contributed by atoms with van der Waals surface area (Å²) in [6, 6.07) is 5.53. The average molecular weight is 276 g/mol. The highest BCUT2D eigenvalue weighted by molar-refractivity contribution is 6.07. The van der Waals surface area contributed by atoms with Crippen LogP contribution >= 0.6 is 0 Å². The molecule has 1 fully saturated rings. The molecular formula is C13H16N4O3. The van der Waals surface area contributed by atoms with Gasteiger partial charge in [-0.3, -0.25) is 14.9 Å². The minimum atomic E-state index is -1.15. The number of nitrogens with one attached hydrogen (secondary N) is 3. The number of hydrogen-bond donors (Lipinski definition) is 4. The summed E-state index contributed by atoms with van der Waals surface area (Å²) in [5, 5.41) is 7.39. The van der Waals surface area contributed by atoms with Gasteiger partial charge >= 0.3 is 6.03 Å². The highest BCUT2D eigenvalue weighted by Crippen LogP contribution is 2.26. The van der Waals surface area contributed by atoms with E-state index in [1.165, 1.54) is 0 Å². The van der Waals surface area contributed by atoms with Crippen molar-refractivity contribution in [1.29, 1.82) is 0 Å². The van der Waals surface area contributed by atoms with E-state index < -0.39 is 23.5 Å². The molecule has 1 saturated heterocycles. The number of rotatable bonds is 3. The lowest BCUT2D eigenvalue weighted by Crippen LogP contribution is -2.40. The summed E-state index contributed by atoms with van der Waals surface area (Å²) in [5.74, 6) is -0.759. The van der Waals surface area contributed by atoms with Gasteiger partial charge in [0, 0.05) is 5.69 Å². The van der Waals surface area contributed by atoms with Crippen LogP contribution in [0.1, 0.15) is 19.4 Å². The van der Waals surface area contributed by atoms with Gasteiger partial charge in [-0.05, 0) is 31.5 Å². The van der Waals surface area contributed by atoms with E-state index in [4.69, 9.17) is 5.73 Å². The topological polar surface area (TPSA) is 113 Å². The maximum atomic E-state index is 11.8. The standard InChI is InChI=1S/C13H16N4O3/c1-7(14)10(18)15-9-5-3-4-8(6-9)13(2)11(19)16-12(20)17-13/h3-7H,14H2,1-2H3,(H,15,18)(H2,16,17,19,20)/t7-,13?/m1/s1. The minimum absolute atomic E-state index is 0.327. The minimum Gasteiger partial charge on any atom is -0.325 e. The van der Waals surface area contributed by atoms with Gasteiger partial charge in [-0.25, -0.2) is 4.79 Å². The molecule has 7 heteroatoms. The summed E-state index contributed by atoms with van der Waals surface area (Å²) >= 11 is 0. The van der Waals surface area contributed by atoms with E-state index in [1.54, 1.807) is 38.1 Å². The first-order valence-electron chi connectivity index (χ1n) is 6.13. The van der Waals surface area contributed by atoms with Crippen LogP contribution in [0.2, 0.25) is 0 Å². The van der Waals surface area contributed by atoms with Crippen molar-refractivity contribution in [2.75, 3.05) is 5.32 Å². The van der Waals surface area contributed by atoms with Crippen LogP contribution in [0.25, 0.3) is 0 Å². The van der Waals surface area contributed by atoms with Gasteiger partial charge in [0.05, 0.1) is 6.04 Å². The Morgan fingerprint density at radius 1 is 1.40 bits per heavy atom. The Bertz CT molecular complexity index is 585. The molecule has 0 aromatic heterocycles. The molecule has 2 atom stereocenters. The molecule has 20 heavy (non-hydrogen) atoms. The summed E-state index contributed by atoms with van der Waals surface area (Å²) in [5.41, 5.74) is 5.42. The molecule has 0 spiro atoms. The Hall–Kier alpha value is -2.41. The van der Waals surface area contributed by atoms with Crippen LogP contribution in [0.4, 0.5) is 10.5 Å². The molecule has 0 radical (unpaired) electrons. The van der Waals surface area contributed by atoms with Crippen molar-refractivity contribution in [1.82, 2.24) is 10.6 Å². The summed E-state index contributed by atoms with van der Waals surface area (Å²) in [6.45, 7) is 3.17. The largest absolute Gasteiger partial charge is 0.325 e. The molecule has 0 bridgehead atoms. The Morgan fingerprint density at radius 2 is 2.10 bits per heavy atom. The Balaban J connectivity index is 2.28. The van der Waals surface area contributed by atoms with Crippen LogP contribution in [0.3, 0.4) is 0 Å². The summed E-state index contributed by atoms with van der Waals surface area (Å²) in [4.78, 5) is 34.7. The number of urea groups is 1. The lowest BCUT2D eigenvalue weighted by Gasteiger charge is -2.21. The van der Waals surface area contributed by atoms with E-state index in [0.29, 0.717) is 11.3 Å². The molecule has 1 heterocycles. The predicted molar refractivity (Wildman–Crippen MR) is 72.7 cm³/mol. The number of anilines is 1. The first-order valence-corrected chi connectivity index (χ1v) is 6.13. The molecule has 4 amide bonds. The van der Waals surface area contributed by atoms with E-state index in [0.717, 1.165) is 0 Å². The van der Waals surface area contributed by atoms with Gasteiger partial charge in [0.15, 0.2) is 0 Å². The van der Waals surface area contributed by atoms with Gasteiger partial charge in [-0.15, -0.1) is 0 Å². The third-order valence-electron chi connectivity index (χ3n) is 3.17. The van der Waals surface area contributed by atoms with E-state index in [2.05, 4.69) is 16.0 Å². The normalized spacial score (nSPS) is 22.9. The molecule has 106 valence electrons. The van der Waals surface area contributed by atoms with Crippen LogP contribution in [-0.2, 0) is 15.1 Å². The Labute approximate surface area is 115 Å². The number of amides is 4. The predicted octanol–water partition coefficient (Wildman–Crippen LogP) is 0.0269. The van der Waals surface area contributed by atoms with Crippen molar-refractivity contribution in [3.05, 3.63) is 29.8 Å². The van der Waals surface area contributed by atoms with E-state index in [9.17, 15) is 14.4 Å². The zero-order valence-electron chi connectivity index (χ0n) is 11.2. The van der Waals surface area contributed by atoms with Crippen molar-refractivity contribution in [2.45, 2.75) is 25.4 Å². The molecule has 1 aliphatic rings. The maximum absolute atomic E-state index is 11.8. The van der Waals surface area contributed by atoms with E-state index >= 15 is 0 Å². The van der Waals surface area contributed by atoms with Crippen molar-refractivity contribution in [3.8, 4) is 0 Å². The molecule has 0 aliphatic carbocycles. The lowest BCUT2D eigenvalue weighted by atomic mass is 9.92. The first-order chi connectivity index (χ1) is 9.33. The number of imide groups is 1. The monoisotopic (exact) mass is 276 g/mol. The fraction of sp³-hybridized carbons (Fsp3) is 0.308. The van der Waals surface area contributed by atoms with Crippen LogP contribution in [0, 0.1) is 0 Å². The third kappa shape index (κ3) is 2.48. The molecular weight excluding hydrogens is 260 g/mol. The SMILES string of the molecule is C[C@@H](N)C(=O)Nc1cccc(C2(C)NC(=O)NC2=O)c1. The average Bonchev–Trinajstić information content (AvgIpc) is 2.64. The second kappa shape index (κ2) is 4.93. The highest BCUT2D eigenvalue weighted by atomic mass is 16.2. The lowest BCUT2D eigenvalue weighted by molar-refractivity contribution is -0.123. The third-order valence-corrected chi connectivity index (χ3v) is 3.17. The molecule has 1 aromatic rings. The van der Waals surface area contributed by atoms with Gasteiger partial charge < -0.3 is 16.4 Å². The number of carbonyl (C=O) groups excluding carboxylic acids is 3. The quantitative estimate of drug-likeness (QED) is 0.583. The number of hydrogen-bond acceptors (Lipinski definition) is 4. The van der Waals surface area contributed by atoms with Gasteiger partial charge in [-0.1, -0.05) is 12.1 Å². The zero-order valence-corrected chi connectivity index (χ0v) is 11.2. The van der Waals surface area contributed by atoms with Crippen molar-refractivity contribution < 1.29 is 14.4 Å². The van der Waals surface area contributed by atoms with Crippen molar-refractivity contribution in [2.24, 2.45) is 5.73 Å². The second-order valence-electron chi connectivity index (χ2n) is 4.89. The smallest absolute Gasteiger partial charge is 0.322 e. The molecule has 1 unspecified atom stereocenters. The number of nitrogens with two attached hydrogens (primary N) is 1. The van der Waals surface area contributed by atoms with Gasteiger partial charge in [0.1, 0.15) is 5.54 Å². The van der Waals surface area contributed by atoms with Crippen LogP contribution in [0.5, 0.6) is 0 Å². The molecule has 1 aliphatic heterocycles. The Kier molecular flexibility index (Phi) is 3.46. The summed E-state index contributed by atoms with van der Waals surface area (Å²) < 4.78 is 0. The van der Waals surface area contributed by atoms with Gasteiger partial charge in [-0.2, -0.15) is 0 Å². The fourth-order valence-electron chi connectivity index (χ4n) is 1.91. The first kappa shape index (κ1) is 14.0. The van der Waals surface area contributed by atoms with Crippen LogP contribution < -0.4 is 21.7 Å². The van der Waals surface area contributed by atoms with Crippen LogP contribution in [0.15, 0.2) is 24.3 Å². The Morgan fingerprint density at radius 3 is 2.65 bits per heavy atom.